The summed E-state index contributed by atoms with van der Waals surface area (Å²) in [6.45, 7) is 2.97. The molecular weight excluding hydrogens is 414 g/mol. The summed E-state index contributed by atoms with van der Waals surface area (Å²) < 4.78 is 6.24. The zero-order valence-corrected chi connectivity index (χ0v) is 18.3. The highest BCUT2D eigenvalue weighted by atomic mass is 35.5. The quantitative estimate of drug-likeness (QED) is 0.573. The van der Waals surface area contributed by atoms with Crippen LogP contribution < -0.4 is 5.32 Å². The van der Waals surface area contributed by atoms with Crippen molar-refractivity contribution in [2.24, 2.45) is 0 Å². The van der Waals surface area contributed by atoms with E-state index in [1.54, 1.807) is 0 Å². The summed E-state index contributed by atoms with van der Waals surface area (Å²) in [5.41, 5.74) is 3.16. The summed E-state index contributed by atoms with van der Waals surface area (Å²) in [5.74, 6) is 0.821. The molecule has 1 atom stereocenters. The number of hydrogen-bond donors (Lipinski definition) is 1. The Hall–Kier alpha value is -2.67. The Morgan fingerprint density at radius 3 is 2.74 bits per heavy atom. The van der Waals surface area contributed by atoms with Crippen molar-refractivity contribution < 1.29 is 14.0 Å². The number of furan rings is 1. The van der Waals surface area contributed by atoms with Gasteiger partial charge in [0.15, 0.2) is 0 Å². The minimum absolute atomic E-state index is 0.0424. The Balaban J connectivity index is 1.57. The van der Waals surface area contributed by atoms with E-state index >= 15 is 0 Å². The van der Waals surface area contributed by atoms with Gasteiger partial charge in [-0.15, -0.1) is 0 Å². The molecule has 7 heteroatoms. The van der Waals surface area contributed by atoms with E-state index in [2.05, 4.69) is 16.3 Å². The number of piperazine rings is 1. The first-order valence-corrected chi connectivity index (χ1v) is 10.8. The van der Waals surface area contributed by atoms with Crippen molar-refractivity contribution in [3.63, 3.8) is 0 Å². The molecule has 1 unspecified atom stereocenters. The molecule has 1 aromatic heterocycles. The van der Waals surface area contributed by atoms with Crippen molar-refractivity contribution >= 4 is 34.8 Å². The van der Waals surface area contributed by atoms with Gasteiger partial charge in [0.25, 0.3) is 0 Å². The second kappa shape index (κ2) is 9.64. The van der Waals surface area contributed by atoms with Gasteiger partial charge in [-0.2, -0.15) is 0 Å². The van der Waals surface area contributed by atoms with Crippen molar-refractivity contribution in [2.75, 3.05) is 33.2 Å². The van der Waals surface area contributed by atoms with E-state index in [-0.39, 0.29) is 18.5 Å². The summed E-state index contributed by atoms with van der Waals surface area (Å²) in [6, 6.07) is 15.6. The molecule has 1 aliphatic heterocycles. The first kappa shape index (κ1) is 21.6. The van der Waals surface area contributed by atoms with Crippen LogP contribution in [0.3, 0.4) is 0 Å². The number of nitrogens with one attached hydrogen (secondary N) is 1. The van der Waals surface area contributed by atoms with E-state index in [1.165, 1.54) is 0 Å². The highest BCUT2D eigenvalue weighted by molar-refractivity contribution is 6.30. The summed E-state index contributed by atoms with van der Waals surface area (Å²) in [4.78, 5) is 27.4. The summed E-state index contributed by atoms with van der Waals surface area (Å²) >= 11 is 6.04. The van der Waals surface area contributed by atoms with Crippen LogP contribution in [-0.4, -0.2) is 61.3 Å². The fraction of sp³-hybridized carbons (Fsp3) is 0.333. The normalized spacial score (nSPS) is 17.7. The average Bonchev–Trinajstić information content (AvgIpc) is 3.12. The number of carbonyl (C=O) groups excluding carboxylic acids is 2. The number of amides is 1. The molecule has 162 valence electrons. The summed E-state index contributed by atoms with van der Waals surface area (Å²) in [5, 5.41) is 4.50. The van der Waals surface area contributed by atoms with Gasteiger partial charge in [0, 0.05) is 48.6 Å². The van der Waals surface area contributed by atoms with E-state index < -0.39 is 0 Å². The van der Waals surface area contributed by atoms with Gasteiger partial charge in [-0.05, 0) is 30.8 Å². The van der Waals surface area contributed by atoms with Gasteiger partial charge in [-0.1, -0.05) is 41.9 Å². The molecule has 3 aromatic rings. The predicted octanol–water partition coefficient (Wildman–Crippen LogP) is 3.11. The molecule has 0 spiro atoms. The molecule has 6 nitrogen and oxygen atoms in total. The van der Waals surface area contributed by atoms with Gasteiger partial charge in [0.2, 0.25) is 5.91 Å². The molecule has 1 saturated heterocycles. The van der Waals surface area contributed by atoms with Crippen LogP contribution in [0.5, 0.6) is 0 Å². The first-order chi connectivity index (χ1) is 15.0. The van der Waals surface area contributed by atoms with E-state index in [0.29, 0.717) is 30.8 Å². The summed E-state index contributed by atoms with van der Waals surface area (Å²) in [7, 11) is 1.95. The Kier molecular flexibility index (Phi) is 6.70. The van der Waals surface area contributed by atoms with Gasteiger partial charge < -0.3 is 14.5 Å². The molecule has 1 amide bonds. The van der Waals surface area contributed by atoms with Crippen LogP contribution in [0, 0.1) is 0 Å². The van der Waals surface area contributed by atoms with Gasteiger partial charge in [0.1, 0.15) is 23.7 Å². The fourth-order valence-corrected chi connectivity index (χ4v) is 4.22. The monoisotopic (exact) mass is 439 g/mol. The molecule has 0 bridgehead atoms. The number of para-hydroxylation sites is 1. The molecule has 0 radical (unpaired) electrons. The fourth-order valence-electron chi connectivity index (χ4n) is 4.09. The lowest BCUT2D eigenvalue weighted by Crippen LogP contribution is -2.57. The van der Waals surface area contributed by atoms with Gasteiger partial charge >= 0.3 is 0 Å². The Bertz CT molecular complexity index is 1060. The third kappa shape index (κ3) is 4.98. The zero-order valence-electron chi connectivity index (χ0n) is 17.5. The molecular formula is C24H26ClN3O3. The largest absolute Gasteiger partial charge is 0.460 e. The van der Waals surface area contributed by atoms with Crippen molar-refractivity contribution in [2.45, 2.75) is 19.0 Å². The van der Waals surface area contributed by atoms with Crippen LogP contribution >= 0.6 is 11.6 Å². The Morgan fingerprint density at radius 1 is 1.19 bits per heavy atom. The van der Waals surface area contributed by atoms with Gasteiger partial charge in [-0.25, -0.2) is 0 Å². The second-order valence-corrected chi connectivity index (χ2v) is 8.38. The van der Waals surface area contributed by atoms with E-state index in [4.69, 9.17) is 16.0 Å². The number of rotatable bonds is 7. The lowest BCUT2D eigenvalue weighted by Gasteiger charge is -2.38. The number of hydrogen-bond acceptors (Lipinski definition) is 5. The Morgan fingerprint density at radius 2 is 1.97 bits per heavy atom. The van der Waals surface area contributed by atoms with Gasteiger partial charge in [0.05, 0.1) is 6.54 Å². The molecule has 31 heavy (non-hydrogen) atoms. The SMILES string of the molecule is CN1CCN(Cc2c(Cc3ccc(Cl)cc3)oc3ccccc23)CC1C(=O)NCC=O. The van der Waals surface area contributed by atoms with Crippen LogP contribution in [0.15, 0.2) is 52.9 Å². The third-order valence-corrected chi connectivity index (χ3v) is 6.09. The number of aldehydes is 1. The smallest absolute Gasteiger partial charge is 0.239 e. The topological polar surface area (TPSA) is 65.8 Å². The van der Waals surface area contributed by atoms with Crippen molar-refractivity contribution in [3.8, 4) is 0 Å². The number of carbonyl (C=O) groups is 2. The molecule has 1 fully saturated rings. The second-order valence-electron chi connectivity index (χ2n) is 7.95. The van der Waals surface area contributed by atoms with E-state index in [0.717, 1.165) is 40.9 Å². The number of fused-ring (bicyclic) bond motifs is 1. The van der Waals surface area contributed by atoms with E-state index in [1.807, 2.05) is 54.4 Å². The molecule has 4 rings (SSSR count). The minimum atomic E-state index is -0.286. The minimum Gasteiger partial charge on any atom is -0.460 e. The van der Waals surface area contributed by atoms with Crippen molar-refractivity contribution in [3.05, 3.63) is 70.4 Å². The predicted molar refractivity (Wildman–Crippen MR) is 121 cm³/mol. The van der Waals surface area contributed by atoms with Crippen LogP contribution in [-0.2, 0) is 22.6 Å². The van der Waals surface area contributed by atoms with Crippen LogP contribution in [0.1, 0.15) is 16.9 Å². The van der Waals surface area contributed by atoms with Crippen molar-refractivity contribution in [1.82, 2.24) is 15.1 Å². The number of nitrogens with zero attached hydrogens (tertiary/aromatic N) is 2. The molecule has 1 aliphatic rings. The molecule has 2 heterocycles. The highest BCUT2D eigenvalue weighted by Gasteiger charge is 2.30. The maximum Gasteiger partial charge on any atom is 0.239 e. The number of halogens is 1. The molecule has 0 aliphatic carbocycles. The summed E-state index contributed by atoms with van der Waals surface area (Å²) in [6.07, 6.45) is 1.39. The maximum absolute atomic E-state index is 12.5. The number of likely N-dealkylation sites (N-methyl/N-ethyl adjacent to an activating group) is 1. The molecule has 1 N–H and O–H groups in total. The lowest BCUT2D eigenvalue weighted by molar-refractivity contribution is -0.129. The average molecular weight is 440 g/mol. The van der Waals surface area contributed by atoms with Crippen LogP contribution in [0.4, 0.5) is 0 Å². The molecule has 0 saturated carbocycles. The van der Waals surface area contributed by atoms with Crippen LogP contribution in [0.2, 0.25) is 5.02 Å². The third-order valence-electron chi connectivity index (χ3n) is 5.84. The highest BCUT2D eigenvalue weighted by Crippen LogP contribution is 2.30. The molecule has 2 aromatic carbocycles. The zero-order chi connectivity index (χ0) is 21.8. The van der Waals surface area contributed by atoms with E-state index in [9.17, 15) is 9.59 Å². The Labute approximate surface area is 186 Å². The first-order valence-electron chi connectivity index (χ1n) is 10.4. The number of benzene rings is 2. The standard InChI is InChI=1S/C24H26ClN3O3/c1-27-11-12-28(16-21(27)24(30)26-10-13-29)15-20-19-4-2-3-5-22(19)31-23(20)14-17-6-8-18(25)9-7-17/h2-9,13,21H,10-12,14-16H2,1H3,(H,26,30). The van der Waals surface area contributed by atoms with Crippen LogP contribution in [0.25, 0.3) is 11.0 Å². The maximum atomic E-state index is 12.5. The van der Waals surface area contributed by atoms with Gasteiger partial charge in [-0.3, -0.25) is 14.6 Å². The lowest BCUT2D eigenvalue weighted by atomic mass is 10.0. The van der Waals surface area contributed by atoms with Crippen molar-refractivity contribution in [1.29, 1.82) is 0 Å².